The lowest BCUT2D eigenvalue weighted by Gasteiger charge is -2.45. The van der Waals surface area contributed by atoms with Gasteiger partial charge in [0.2, 0.25) is 0 Å². The number of carbonyl (C=O) groups is 2. The summed E-state index contributed by atoms with van der Waals surface area (Å²) in [6.07, 6.45) is 4.23. The highest BCUT2D eigenvalue weighted by Gasteiger charge is 2.57. The summed E-state index contributed by atoms with van der Waals surface area (Å²) in [7, 11) is 5.59. The fourth-order valence-corrected chi connectivity index (χ4v) is 5.42. The molecule has 0 N–H and O–H groups in total. The summed E-state index contributed by atoms with van der Waals surface area (Å²) in [4.78, 5) is 35.1. The smallest absolute Gasteiger partial charge is 0.327 e. The molecule has 3 aliphatic rings. The molecule has 3 fully saturated rings. The zero-order valence-corrected chi connectivity index (χ0v) is 20.3. The van der Waals surface area contributed by atoms with E-state index in [2.05, 4.69) is 4.90 Å². The van der Waals surface area contributed by atoms with Crippen molar-refractivity contribution in [2.45, 2.75) is 43.7 Å². The van der Waals surface area contributed by atoms with Crippen LogP contribution in [0, 0.1) is 0 Å². The van der Waals surface area contributed by atoms with Crippen molar-refractivity contribution in [3.63, 3.8) is 0 Å². The average Bonchev–Trinajstić information content (AvgIpc) is 3.03. The van der Waals surface area contributed by atoms with Gasteiger partial charge in [-0.2, -0.15) is 0 Å². The lowest BCUT2D eigenvalue weighted by atomic mass is 9.84. The van der Waals surface area contributed by atoms with E-state index >= 15 is 0 Å². The molecule has 182 valence electrons. The summed E-state index contributed by atoms with van der Waals surface area (Å²) in [6, 6.07) is 8.35. The molecule has 1 aromatic carbocycles. The Labute approximate surface area is 197 Å². The molecule has 0 aliphatic carbocycles. The quantitative estimate of drug-likeness (QED) is 0.556. The third-order valence-corrected chi connectivity index (χ3v) is 7.51. The maximum atomic E-state index is 13.7. The second-order valence-electron chi connectivity index (χ2n) is 9.70. The van der Waals surface area contributed by atoms with Crippen LogP contribution in [0.4, 0.5) is 4.79 Å². The number of imide groups is 1. The molecule has 8 heteroatoms. The van der Waals surface area contributed by atoms with Gasteiger partial charge in [-0.15, -0.1) is 0 Å². The Balaban J connectivity index is 1.49. The second kappa shape index (κ2) is 10.4. The van der Waals surface area contributed by atoms with Gasteiger partial charge in [0, 0.05) is 52.0 Å². The highest BCUT2D eigenvalue weighted by Crippen LogP contribution is 2.38. The molecular formula is C25H38N4O4. The SMILES string of the molecule is COc1ccc(CCN2C(=O)N(CCN(C)C)C(=O)C23CCN(C2CCOCC2)CC3)cc1. The van der Waals surface area contributed by atoms with Crippen LogP contribution >= 0.6 is 0 Å². The number of ether oxygens (including phenoxy) is 2. The maximum Gasteiger partial charge on any atom is 0.327 e. The van der Waals surface area contributed by atoms with Crippen molar-refractivity contribution in [3.05, 3.63) is 29.8 Å². The van der Waals surface area contributed by atoms with E-state index in [1.807, 2.05) is 48.2 Å². The van der Waals surface area contributed by atoms with Crippen LogP contribution in [-0.4, -0.2) is 110 Å². The summed E-state index contributed by atoms with van der Waals surface area (Å²) in [5, 5.41) is 0. The number of methoxy groups -OCH3 is 1. The van der Waals surface area contributed by atoms with E-state index < -0.39 is 5.54 Å². The van der Waals surface area contributed by atoms with E-state index in [1.54, 1.807) is 7.11 Å². The van der Waals surface area contributed by atoms with Crippen LogP contribution in [0.25, 0.3) is 0 Å². The van der Waals surface area contributed by atoms with Crippen molar-refractivity contribution in [1.82, 2.24) is 19.6 Å². The van der Waals surface area contributed by atoms with Crippen LogP contribution in [0.5, 0.6) is 5.75 Å². The van der Waals surface area contributed by atoms with Crippen LogP contribution < -0.4 is 4.74 Å². The minimum Gasteiger partial charge on any atom is -0.497 e. The van der Waals surface area contributed by atoms with Gasteiger partial charge in [-0.05, 0) is 63.9 Å². The number of likely N-dealkylation sites (tertiary alicyclic amines) is 1. The van der Waals surface area contributed by atoms with Gasteiger partial charge in [0.1, 0.15) is 11.3 Å². The van der Waals surface area contributed by atoms with Crippen LogP contribution in [0.2, 0.25) is 0 Å². The summed E-state index contributed by atoms with van der Waals surface area (Å²) in [5.74, 6) is 0.814. The summed E-state index contributed by atoms with van der Waals surface area (Å²) >= 11 is 0. The Kier molecular flexibility index (Phi) is 7.56. The zero-order valence-electron chi connectivity index (χ0n) is 20.3. The van der Waals surface area contributed by atoms with E-state index in [0.717, 1.165) is 56.9 Å². The van der Waals surface area contributed by atoms with Gasteiger partial charge in [0.15, 0.2) is 0 Å². The first-order chi connectivity index (χ1) is 15.9. The van der Waals surface area contributed by atoms with Crippen molar-refractivity contribution in [2.75, 3.05) is 67.1 Å². The van der Waals surface area contributed by atoms with E-state index in [0.29, 0.717) is 38.5 Å². The maximum absolute atomic E-state index is 13.7. The number of urea groups is 1. The molecule has 1 aromatic rings. The van der Waals surface area contributed by atoms with Crippen LogP contribution in [0.15, 0.2) is 24.3 Å². The van der Waals surface area contributed by atoms with Crippen molar-refractivity contribution >= 4 is 11.9 Å². The highest BCUT2D eigenvalue weighted by molar-refractivity contribution is 6.07. The number of benzene rings is 1. The molecule has 0 saturated carbocycles. The Morgan fingerprint density at radius 3 is 2.33 bits per heavy atom. The molecule has 0 aromatic heterocycles. The Morgan fingerprint density at radius 2 is 1.73 bits per heavy atom. The monoisotopic (exact) mass is 458 g/mol. The average molecular weight is 459 g/mol. The number of nitrogens with zero attached hydrogens (tertiary/aromatic N) is 4. The molecule has 3 saturated heterocycles. The molecule has 8 nitrogen and oxygen atoms in total. The fourth-order valence-electron chi connectivity index (χ4n) is 5.42. The van der Waals surface area contributed by atoms with Gasteiger partial charge in [-0.1, -0.05) is 12.1 Å². The number of likely N-dealkylation sites (N-methyl/N-ethyl adjacent to an activating group) is 1. The van der Waals surface area contributed by atoms with Gasteiger partial charge in [-0.3, -0.25) is 9.69 Å². The first-order valence-electron chi connectivity index (χ1n) is 12.2. The summed E-state index contributed by atoms with van der Waals surface area (Å²) in [6.45, 7) is 5.00. The highest BCUT2D eigenvalue weighted by atomic mass is 16.5. The number of rotatable bonds is 8. The predicted molar refractivity (Wildman–Crippen MR) is 126 cm³/mol. The van der Waals surface area contributed by atoms with E-state index in [4.69, 9.17) is 9.47 Å². The predicted octanol–water partition coefficient (Wildman–Crippen LogP) is 2.08. The third-order valence-electron chi connectivity index (χ3n) is 7.51. The van der Waals surface area contributed by atoms with E-state index in [1.165, 1.54) is 4.90 Å². The van der Waals surface area contributed by atoms with Gasteiger partial charge >= 0.3 is 6.03 Å². The van der Waals surface area contributed by atoms with Crippen molar-refractivity contribution in [1.29, 1.82) is 0 Å². The lowest BCUT2D eigenvalue weighted by Crippen LogP contribution is -2.58. The molecule has 4 rings (SSSR count). The summed E-state index contributed by atoms with van der Waals surface area (Å²) in [5.41, 5.74) is 0.426. The molecule has 0 bridgehead atoms. The molecule has 0 atom stereocenters. The Morgan fingerprint density at radius 1 is 1.06 bits per heavy atom. The number of hydrogen-bond acceptors (Lipinski definition) is 6. The molecule has 0 unspecified atom stereocenters. The third kappa shape index (κ3) is 5.03. The van der Waals surface area contributed by atoms with E-state index in [9.17, 15) is 9.59 Å². The Hall–Kier alpha value is -2.16. The second-order valence-corrected chi connectivity index (χ2v) is 9.70. The fraction of sp³-hybridized carbons (Fsp3) is 0.680. The van der Waals surface area contributed by atoms with Crippen molar-refractivity contribution < 1.29 is 19.1 Å². The van der Waals surface area contributed by atoms with Crippen LogP contribution in [0.3, 0.4) is 0 Å². The normalized spacial score (nSPS) is 22.1. The Bertz CT molecular complexity index is 814. The largest absolute Gasteiger partial charge is 0.497 e. The van der Waals surface area contributed by atoms with Gasteiger partial charge < -0.3 is 24.2 Å². The number of piperidine rings is 1. The zero-order chi connectivity index (χ0) is 23.4. The van der Waals surface area contributed by atoms with Gasteiger partial charge in [-0.25, -0.2) is 4.79 Å². The lowest BCUT2D eigenvalue weighted by molar-refractivity contribution is -0.136. The molecular weight excluding hydrogens is 420 g/mol. The van der Waals surface area contributed by atoms with Gasteiger partial charge in [0.05, 0.1) is 7.11 Å². The molecule has 0 radical (unpaired) electrons. The summed E-state index contributed by atoms with van der Waals surface area (Å²) < 4.78 is 10.8. The first-order valence-corrected chi connectivity index (χ1v) is 12.2. The number of amides is 3. The van der Waals surface area contributed by atoms with Gasteiger partial charge in [0.25, 0.3) is 5.91 Å². The first kappa shape index (κ1) is 24.0. The van der Waals surface area contributed by atoms with Crippen LogP contribution in [-0.2, 0) is 16.0 Å². The van der Waals surface area contributed by atoms with Crippen molar-refractivity contribution in [3.8, 4) is 5.75 Å². The van der Waals surface area contributed by atoms with Crippen LogP contribution in [0.1, 0.15) is 31.2 Å². The minimum absolute atomic E-state index is 0.00397. The number of hydrogen-bond donors (Lipinski definition) is 0. The topological polar surface area (TPSA) is 65.6 Å². The molecule has 3 amide bonds. The van der Waals surface area contributed by atoms with Crippen molar-refractivity contribution in [2.24, 2.45) is 0 Å². The van der Waals surface area contributed by atoms with E-state index in [-0.39, 0.29) is 11.9 Å². The molecule has 3 aliphatic heterocycles. The molecule has 1 spiro atoms. The number of carbonyl (C=O) groups excluding carboxylic acids is 2. The molecule has 3 heterocycles. The molecule has 33 heavy (non-hydrogen) atoms. The minimum atomic E-state index is -0.711. The standard InChI is InChI=1S/C25H38N4O4/c1-26(2)16-17-28-23(30)25(11-14-27(15-12-25)21-9-18-33-19-10-21)29(24(28)31)13-8-20-4-6-22(32-3)7-5-20/h4-7,21H,8-19H2,1-3H3.